The number of nitrogens with one attached hydrogen (secondary N) is 1. The summed E-state index contributed by atoms with van der Waals surface area (Å²) in [7, 11) is -3.65. The molecule has 1 heterocycles. The van der Waals surface area contributed by atoms with Gasteiger partial charge in [0.25, 0.3) is 0 Å². The summed E-state index contributed by atoms with van der Waals surface area (Å²) < 4.78 is 39.8. The standard InChI is InChI=1S/C16H21FN2O3S/c1-3-8-18-16(20)13-6-9-19(10-7-13)23(21,22)14-4-5-15(17)12(2)11-14/h3-5,11,13H,1,6-10H2,2H3,(H,18,20). The van der Waals surface area contributed by atoms with Gasteiger partial charge in [-0.25, -0.2) is 12.8 Å². The van der Waals surface area contributed by atoms with Crippen LogP contribution in [0.2, 0.25) is 0 Å². The van der Waals surface area contributed by atoms with Crippen molar-refractivity contribution in [3.05, 3.63) is 42.2 Å². The van der Waals surface area contributed by atoms with Crippen molar-refractivity contribution in [3.8, 4) is 0 Å². The van der Waals surface area contributed by atoms with Gasteiger partial charge in [-0.2, -0.15) is 4.31 Å². The first-order valence-corrected chi connectivity index (χ1v) is 8.95. The summed E-state index contributed by atoms with van der Waals surface area (Å²) in [4.78, 5) is 12.0. The summed E-state index contributed by atoms with van der Waals surface area (Å²) in [6, 6.07) is 3.78. The molecule has 7 heteroatoms. The van der Waals surface area contributed by atoms with Crippen LogP contribution in [0, 0.1) is 18.7 Å². The zero-order valence-corrected chi connectivity index (χ0v) is 13.9. The number of sulfonamides is 1. The molecule has 1 amide bonds. The lowest BCUT2D eigenvalue weighted by Crippen LogP contribution is -2.43. The van der Waals surface area contributed by atoms with Gasteiger partial charge in [-0.15, -0.1) is 6.58 Å². The predicted molar refractivity (Wildman–Crippen MR) is 85.8 cm³/mol. The zero-order valence-electron chi connectivity index (χ0n) is 13.1. The van der Waals surface area contributed by atoms with Crippen LogP contribution in [0.1, 0.15) is 18.4 Å². The quantitative estimate of drug-likeness (QED) is 0.832. The molecule has 0 unspecified atom stereocenters. The van der Waals surface area contributed by atoms with Crippen LogP contribution < -0.4 is 5.32 Å². The van der Waals surface area contributed by atoms with Gasteiger partial charge >= 0.3 is 0 Å². The van der Waals surface area contributed by atoms with Gasteiger partial charge < -0.3 is 5.32 Å². The molecule has 23 heavy (non-hydrogen) atoms. The number of hydrogen-bond donors (Lipinski definition) is 1. The highest BCUT2D eigenvalue weighted by molar-refractivity contribution is 7.89. The van der Waals surface area contributed by atoms with Crippen molar-refractivity contribution in [2.75, 3.05) is 19.6 Å². The Labute approximate surface area is 136 Å². The number of nitrogens with zero attached hydrogens (tertiary/aromatic N) is 1. The Bertz CT molecular complexity index is 695. The normalized spacial score (nSPS) is 17.0. The van der Waals surface area contributed by atoms with E-state index in [2.05, 4.69) is 11.9 Å². The molecule has 5 nitrogen and oxygen atoms in total. The number of halogens is 1. The highest BCUT2D eigenvalue weighted by atomic mass is 32.2. The fourth-order valence-electron chi connectivity index (χ4n) is 2.60. The molecule has 0 atom stereocenters. The minimum atomic E-state index is -3.65. The largest absolute Gasteiger partial charge is 0.352 e. The maximum absolute atomic E-state index is 13.3. The molecule has 0 aromatic heterocycles. The van der Waals surface area contributed by atoms with Gasteiger partial charge in [-0.3, -0.25) is 4.79 Å². The van der Waals surface area contributed by atoms with Crippen molar-refractivity contribution in [3.63, 3.8) is 0 Å². The first kappa shape index (κ1) is 17.6. The molecule has 126 valence electrons. The molecule has 1 saturated heterocycles. The molecule has 0 bridgehead atoms. The van der Waals surface area contributed by atoms with E-state index in [0.717, 1.165) is 6.07 Å². The molecule has 1 N–H and O–H groups in total. The number of rotatable bonds is 5. The molecule has 0 aliphatic carbocycles. The predicted octanol–water partition coefficient (Wildman–Crippen LogP) is 1.84. The zero-order chi connectivity index (χ0) is 17.0. The molecule has 1 aliphatic rings. The van der Waals surface area contributed by atoms with Crippen molar-refractivity contribution >= 4 is 15.9 Å². The van der Waals surface area contributed by atoms with Gasteiger partial charge in [0, 0.05) is 25.6 Å². The maximum atomic E-state index is 13.3. The van der Waals surface area contributed by atoms with Crippen LogP contribution in [0.3, 0.4) is 0 Å². The van der Waals surface area contributed by atoms with Crippen molar-refractivity contribution in [2.24, 2.45) is 5.92 Å². The minimum Gasteiger partial charge on any atom is -0.352 e. The number of piperidine rings is 1. The van der Waals surface area contributed by atoms with Crippen molar-refractivity contribution in [2.45, 2.75) is 24.7 Å². The molecule has 1 aliphatic heterocycles. The summed E-state index contributed by atoms with van der Waals surface area (Å²) in [5, 5.41) is 2.73. The third-order valence-electron chi connectivity index (χ3n) is 4.01. The molecule has 1 aromatic rings. The number of carbonyl (C=O) groups excluding carboxylic acids is 1. The average molecular weight is 340 g/mol. The van der Waals surface area contributed by atoms with E-state index in [9.17, 15) is 17.6 Å². The molecular formula is C16H21FN2O3S. The van der Waals surface area contributed by atoms with E-state index in [1.165, 1.54) is 23.4 Å². The number of carbonyl (C=O) groups is 1. The van der Waals surface area contributed by atoms with Gasteiger partial charge in [0.15, 0.2) is 0 Å². The topological polar surface area (TPSA) is 66.5 Å². The highest BCUT2D eigenvalue weighted by Crippen LogP contribution is 2.25. The average Bonchev–Trinajstić information content (AvgIpc) is 2.55. The summed E-state index contributed by atoms with van der Waals surface area (Å²) in [6.45, 7) is 6.05. The van der Waals surface area contributed by atoms with Gasteiger partial charge in [-0.05, 0) is 43.5 Å². The molecular weight excluding hydrogens is 319 g/mol. The Morgan fingerprint density at radius 3 is 2.65 bits per heavy atom. The van der Waals surface area contributed by atoms with Crippen molar-refractivity contribution in [1.29, 1.82) is 0 Å². The van der Waals surface area contributed by atoms with E-state index in [0.29, 0.717) is 24.9 Å². The summed E-state index contributed by atoms with van der Waals surface area (Å²) in [5.74, 6) is -0.683. The van der Waals surface area contributed by atoms with Crippen molar-refractivity contribution in [1.82, 2.24) is 9.62 Å². The lowest BCUT2D eigenvalue weighted by atomic mass is 9.97. The van der Waals surface area contributed by atoms with Crippen LogP contribution in [0.15, 0.2) is 35.7 Å². The Kier molecular flexibility index (Phi) is 5.54. The number of aryl methyl sites for hydroxylation is 1. The van der Waals surface area contributed by atoms with Crippen LogP contribution in [0.5, 0.6) is 0 Å². The smallest absolute Gasteiger partial charge is 0.243 e. The monoisotopic (exact) mass is 340 g/mol. The van der Waals surface area contributed by atoms with Gasteiger partial charge in [0.1, 0.15) is 5.82 Å². The van der Waals surface area contributed by atoms with Gasteiger partial charge in [0.2, 0.25) is 15.9 Å². The first-order chi connectivity index (χ1) is 10.9. The maximum Gasteiger partial charge on any atom is 0.243 e. The lowest BCUT2D eigenvalue weighted by Gasteiger charge is -2.30. The Morgan fingerprint density at radius 1 is 1.43 bits per heavy atom. The van der Waals surface area contributed by atoms with Crippen LogP contribution in [0.25, 0.3) is 0 Å². The van der Waals surface area contributed by atoms with Crippen LogP contribution >= 0.6 is 0 Å². The summed E-state index contributed by atoms with van der Waals surface area (Å²) in [5.41, 5.74) is 0.296. The number of benzene rings is 1. The van der Waals surface area contributed by atoms with E-state index < -0.39 is 15.8 Å². The summed E-state index contributed by atoms with van der Waals surface area (Å²) >= 11 is 0. The van der Waals surface area contributed by atoms with Crippen molar-refractivity contribution < 1.29 is 17.6 Å². The molecule has 0 spiro atoms. The van der Waals surface area contributed by atoms with E-state index in [-0.39, 0.29) is 29.8 Å². The van der Waals surface area contributed by atoms with E-state index in [4.69, 9.17) is 0 Å². The van der Waals surface area contributed by atoms with Crippen LogP contribution in [-0.4, -0.2) is 38.3 Å². The van der Waals surface area contributed by atoms with Crippen LogP contribution in [-0.2, 0) is 14.8 Å². The Hall–Kier alpha value is -1.73. The van der Waals surface area contributed by atoms with Gasteiger partial charge in [-0.1, -0.05) is 6.08 Å². The third-order valence-corrected chi connectivity index (χ3v) is 5.91. The Morgan fingerprint density at radius 2 is 2.09 bits per heavy atom. The fraction of sp³-hybridized carbons (Fsp3) is 0.438. The summed E-state index contributed by atoms with van der Waals surface area (Å²) in [6.07, 6.45) is 2.55. The second-order valence-corrected chi connectivity index (χ2v) is 7.56. The molecule has 1 aromatic carbocycles. The van der Waals surface area contributed by atoms with E-state index >= 15 is 0 Å². The molecule has 2 rings (SSSR count). The molecule has 0 saturated carbocycles. The highest BCUT2D eigenvalue weighted by Gasteiger charge is 2.32. The van der Waals surface area contributed by atoms with E-state index in [1.807, 2.05) is 0 Å². The first-order valence-electron chi connectivity index (χ1n) is 7.51. The van der Waals surface area contributed by atoms with Gasteiger partial charge in [0.05, 0.1) is 4.90 Å². The van der Waals surface area contributed by atoms with Crippen LogP contribution in [0.4, 0.5) is 4.39 Å². The number of hydrogen-bond acceptors (Lipinski definition) is 3. The van der Waals surface area contributed by atoms with E-state index in [1.54, 1.807) is 6.08 Å². The second kappa shape index (κ2) is 7.23. The number of amides is 1. The SMILES string of the molecule is C=CCNC(=O)C1CCN(S(=O)(=O)c2ccc(F)c(C)c2)CC1. The molecule has 0 radical (unpaired) electrons. The third kappa shape index (κ3) is 3.97. The lowest BCUT2D eigenvalue weighted by molar-refractivity contribution is -0.125. The second-order valence-electron chi connectivity index (χ2n) is 5.62. The fourth-order valence-corrected chi connectivity index (χ4v) is 4.16. The minimum absolute atomic E-state index is 0.0698. The Balaban J connectivity index is 2.05. The molecule has 1 fully saturated rings.